The topological polar surface area (TPSA) is 77.8 Å². The summed E-state index contributed by atoms with van der Waals surface area (Å²) in [5, 5.41) is 4.02. The molecule has 0 atom stereocenters. The summed E-state index contributed by atoms with van der Waals surface area (Å²) >= 11 is 3.41. The van der Waals surface area contributed by atoms with Crippen LogP contribution in [-0.2, 0) is 13.0 Å². The average molecular weight is 345 g/mol. The molecule has 1 aromatic carbocycles. The van der Waals surface area contributed by atoms with Gasteiger partial charge in [0, 0.05) is 29.2 Å². The van der Waals surface area contributed by atoms with Crippen molar-refractivity contribution in [2.24, 2.45) is 5.73 Å². The Kier molecular flexibility index (Phi) is 4.08. The van der Waals surface area contributed by atoms with Gasteiger partial charge in [0.25, 0.3) is 5.89 Å². The summed E-state index contributed by atoms with van der Waals surface area (Å²) in [6.07, 6.45) is 2.32. The molecule has 2 heterocycles. The Morgan fingerprint density at radius 3 is 2.71 bits per heavy atom. The minimum Gasteiger partial charge on any atom is -0.334 e. The highest BCUT2D eigenvalue weighted by Gasteiger charge is 2.10. The zero-order valence-corrected chi connectivity index (χ0v) is 12.7. The van der Waals surface area contributed by atoms with E-state index in [4.69, 9.17) is 10.3 Å². The van der Waals surface area contributed by atoms with E-state index in [0.717, 1.165) is 21.3 Å². The number of benzene rings is 1. The molecular formula is C15H13BrN4O. The van der Waals surface area contributed by atoms with Crippen molar-refractivity contribution in [1.82, 2.24) is 15.1 Å². The molecule has 21 heavy (non-hydrogen) atoms. The molecule has 0 aliphatic carbocycles. The third kappa shape index (κ3) is 3.34. The molecule has 0 bridgehead atoms. The van der Waals surface area contributed by atoms with E-state index in [0.29, 0.717) is 24.7 Å². The first-order valence-electron chi connectivity index (χ1n) is 6.47. The van der Waals surface area contributed by atoms with Crippen molar-refractivity contribution in [2.75, 3.05) is 0 Å². The molecule has 2 aromatic heterocycles. The van der Waals surface area contributed by atoms with Crippen molar-refractivity contribution in [3.63, 3.8) is 0 Å². The van der Waals surface area contributed by atoms with E-state index in [1.807, 2.05) is 36.4 Å². The normalized spacial score (nSPS) is 10.8. The summed E-state index contributed by atoms with van der Waals surface area (Å²) in [5.41, 5.74) is 8.34. The average Bonchev–Trinajstić information content (AvgIpc) is 2.98. The predicted molar refractivity (Wildman–Crippen MR) is 82.4 cm³/mol. The second kappa shape index (κ2) is 6.15. The van der Waals surface area contributed by atoms with Gasteiger partial charge in [-0.2, -0.15) is 4.98 Å². The van der Waals surface area contributed by atoms with Crippen molar-refractivity contribution >= 4 is 15.9 Å². The lowest BCUT2D eigenvalue weighted by Gasteiger charge is -1.97. The molecule has 5 nitrogen and oxygen atoms in total. The minimum atomic E-state index is 0.383. The number of nitrogens with two attached hydrogens (primary N) is 1. The summed E-state index contributed by atoms with van der Waals surface area (Å²) in [7, 11) is 0. The lowest BCUT2D eigenvalue weighted by molar-refractivity contribution is 0.424. The maximum atomic E-state index is 5.58. The Hall–Kier alpha value is -2.05. The van der Waals surface area contributed by atoms with Gasteiger partial charge in [-0.05, 0) is 29.8 Å². The second-order valence-corrected chi connectivity index (χ2v) is 5.47. The van der Waals surface area contributed by atoms with E-state index < -0.39 is 0 Å². The minimum absolute atomic E-state index is 0.383. The Bertz CT molecular complexity index is 739. The molecule has 0 saturated carbocycles. The van der Waals surface area contributed by atoms with Crippen LogP contribution in [-0.4, -0.2) is 15.1 Å². The van der Waals surface area contributed by atoms with Gasteiger partial charge in [-0.3, -0.25) is 4.98 Å². The maximum absolute atomic E-state index is 5.58. The van der Waals surface area contributed by atoms with E-state index in [-0.39, 0.29) is 0 Å². The van der Waals surface area contributed by atoms with Crippen LogP contribution in [0.5, 0.6) is 0 Å². The first kappa shape index (κ1) is 13.9. The number of hydrogen-bond acceptors (Lipinski definition) is 5. The van der Waals surface area contributed by atoms with E-state index in [1.165, 1.54) is 0 Å². The number of halogens is 1. The van der Waals surface area contributed by atoms with Crippen LogP contribution in [0.1, 0.15) is 17.1 Å². The molecule has 3 aromatic rings. The highest BCUT2D eigenvalue weighted by Crippen LogP contribution is 2.19. The third-order valence-electron chi connectivity index (χ3n) is 3.02. The summed E-state index contributed by atoms with van der Waals surface area (Å²) in [5.74, 6) is 1.14. The molecule has 3 rings (SSSR count). The predicted octanol–water partition coefficient (Wildman–Crippen LogP) is 2.94. The molecule has 6 heteroatoms. The van der Waals surface area contributed by atoms with Crippen LogP contribution in [0.2, 0.25) is 0 Å². The van der Waals surface area contributed by atoms with Gasteiger partial charge in [-0.25, -0.2) is 0 Å². The molecule has 0 radical (unpaired) electrons. The Labute approximate surface area is 130 Å². The molecule has 106 valence electrons. The largest absolute Gasteiger partial charge is 0.334 e. The number of pyridine rings is 1. The fraction of sp³-hybridized carbons (Fsp3) is 0.133. The van der Waals surface area contributed by atoms with E-state index in [2.05, 4.69) is 31.1 Å². The van der Waals surface area contributed by atoms with Gasteiger partial charge in [0.05, 0.1) is 5.69 Å². The summed E-state index contributed by atoms with van der Waals surface area (Å²) in [6.45, 7) is 0.383. The van der Waals surface area contributed by atoms with Crippen LogP contribution in [0.3, 0.4) is 0 Å². The second-order valence-electron chi connectivity index (χ2n) is 4.56. The van der Waals surface area contributed by atoms with Gasteiger partial charge >= 0.3 is 0 Å². The number of rotatable bonds is 4. The lowest BCUT2D eigenvalue weighted by atomic mass is 10.1. The van der Waals surface area contributed by atoms with Crippen LogP contribution in [0.25, 0.3) is 11.5 Å². The van der Waals surface area contributed by atoms with Crippen molar-refractivity contribution in [1.29, 1.82) is 0 Å². The van der Waals surface area contributed by atoms with E-state index >= 15 is 0 Å². The van der Waals surface area contributed by atoms with Crippen LogP contribution in [0, 0.1) is 0 Å². The quantitative estimate of drug-likeness (QED) is 0.787. The molecule has 0 unspecified atom stereocenters. The molecule has 0 amide bonds. The van der Waals surface area contributed by atoms with Crippen molar-refractivity contribution in [3.05, 3.63) is 64.1 Å². The van der Waals surface area contributed by atoms with Gasteiger partial charge in [0.2, 0.25) is 0 Å². The van der Waals surface area contributed by atoms with Crippen molar-refractivity contribution in [3.8, 4) is 11.5 Å². The third-order valence-corrected chi connectivity index (χ3v) is 3.54. The number of hydrogen-bond donors (Lipinski definition) is 1. The summed E-state index contributed by atoms with van der Waals surface area (Å²) in [6, 6.07) is 11.7. The van der Waals surface area contributed by atoms with Gasteiger partial charge < -0.3 is 10.3 Å². The lowest BCUT2D eigenvalue weighted by Crippen LogP contribution is -1.99. The fourth-order valence-electron chi connectivity index (χ4n) is 1.95. The summed E-state index contributed by atoms with van der Waals surface area (Å²) in [4.78, 5) is 8.56. The highest BCUT2D eigenvalue weighted by atomic mass is 79.9. The molecule has 0 aliphatic rings. The Morgan fingerprint density at radius 2 is 1.95 bits per heavy atom. The van der Waals surface area contributed by atoms with E-state index in [1.54, 1.807) is 6.20 Å². The monoisotopic (exact) mass is 344 g/mol. The van der Waals surface area contributed by atoms with Crippen LogP contribution in [0.15, 0.2) is 51.6 Å². The Morgan fingerprint density at radius 1 is 1.14 bits per heavy atom. The van der Waals surface area contributed by atoms with Gasteiger partial charge in [-0.15, -0.1) is 0 Å². The first-order chi connectivity index (χ1) is 10.2. The van der Waals surface area contributed by atoms with E-state index in [9.17, 15) is 0 Å². The Balaban J connectivity index is 1.81. The zero-order valence-electron chi connectivity index (χ0n) is 11.2. The molecular weight excluding hydrogens is 332 g/mol. The SMILES string of the molecule is NCc1cc(-c2nc(Cc3ccc(Br)cc3)no2)ccn1. The van der Waals surface area contributed by atoms with Gasteiger partial charge in [-0.1, -0.05) is 33.2 Å². The van der Waals surface area contributed by atoms with Crippen LogP contribution >= 0.6 is 15.9 Å². The maximum Gasteiger partial charge on any atom is 0.258 e. The first-order valence-corrected chi connectivity index (χ1v) is 7.26. The molecule has 0 fully saturated rings. The molecule has 0 spiro atoms. The highest BCUT2D eigenvalue weighted by molar-refractivity contribution is 9.10. The van der Waals surface area contributed by atoms with Gasteiger partial charge in [0.1, 0.15) is 0 Å². The molecule has 0 saturated heterocycles. The standard InChI is InChI=1S/C15H13BrN4O/c16-12-3-1-10(2-4-12)7-14-19-15(21-20-14)11-5-6-18-13(8-11)9-17/h1-6,8H,7,9,17H2. The molecule has 2 N–H and O–H groups in total. The molecule has 0 aliphatic heterocycles. The van der Waals surface area contributed by atoms with Gasteiger partial charge in [0.15, 0.2) is 5.82 Å². The van der Waals surface area contributed by atoms with Crippen LogP contribution in [0.4, 0.5) is 0 Å². The smallest absolute Gasteiger partial charge is 0.258 e. The van der Waals surface area contributed by atoms with Crippen LogP contribution < -0.4 is 5.73 Å². The van der Waals surface area contributed by atoms with Crippen molar-refractivity contribution in [2.45, 2.75) is 13.0 Å². The fourth-order valence-corrected chi connectivity index (χ4v) is 2.22. The number of aromatic nitrogens is 3. The zero-order chi connectivity index (χ0) is 14.7. The number of nitrogens with zero attached hydrogens (tertiary/aromatic N) is 3. The van der Waals surface area contributed by atoms with Crippen molar-refractivity contribution < 1.29 is 4.52 Å². The summed E-state index contributed by atoms with van der Waals surface area (Å²) < 4.78 is 6.35.